The van der Waals surface area contributed by atoms with Crippen LogP contribution < -0.4 is 10.6 Å². The number of pyridine rings is 1. The molecule has 2 saturated heterocycles. The van der Waals surface area contributed by atoms with Gasteiger partial charge in [-0.2, -0.15) is 4.39 Å². The number of nitrogens with one attached hydrogen (secondary N) is 2. The fraction of sp³-hybridized carbons (Fsp3) is 0.475. The number of halogens is 4. The zero-order chi connectivity index (χ0) is 51.8. The van der Waals surface area contributed by atoms with Gasteiger partial charge in [-0.1, -0.05) is 42.4 Å². The molecule has 10 rings (SSSR count). The number of fused-ring (bicyclic) bond motifs is 2. The van der Waals surface area contributed by atoms with Gasteiger partial charge in [-0.05, 0) is 143 Å². The molecule has 1 saturated carbocycles. The van der Waals surface area contributed by atoms with E-state index in [0.29, 0.717) is 74.1 Å². The summed E-state index contributed by atoms with van der Waals surface area (Å²) < 4.78 is 64.5. The van der Waals surface area contributed by atoms with Crippen molar-refractivity contribution >= 4 is 58.4 Å². The molecule has 386 valence electrons. The molecule has 7 aliphatic rings. The highest BCUT2D eigenvalue weighted by molar-refractivity contribution is 6.42. The molecule has 4 amide bonds. The summed E-state index contributed by atoms with van der Waals surface area (Å²) in [6, 6.07) is 7.38. The van der Waals surface area contributed by atoms with Crippen molar-refractivity contribution < 1.29 is 50.7 Å². The number of benzene rings is 2. The van der Waals surface area contributed by atoms with E-state index in [9.17, 15) is 28.4 Å². The molecule has 0 bridgehead atoms. The summed E-state index contributed by atoms with van der Waals surface area (Å²) in [7, 11) is 1.54. The number of rotatable bonds is 12. The smallest absolute Gasteiger partial charge is 0.385 e. The maximum Gasteiger partial charge on any atom is 0.429 e. The topological polar surface area (TPSA) is 132 Å². The first-order valence-electron chi connectivity index (χ1n) is 26.7. The highest BCUT2D eigenvalue weighted by Crippen LogP contribution is 2.42. The second kappa shape index (κ2) is 21.8. The minimum absolute atomic E-state index is 0.0437. The summed E-state index contributed by atoms with van der Waals surface area (Å²) in [6.07, 6.45) is 19.9. The van der Waals surface area contributed by atoms with Crippen LogP contribution in [0.5, 0.6) is 0 Å². The Morgan fingerprint density at radius 1 is 0.838 bits per heavy atom. The van der Waals surface area contributed by atoms with E-state index >= 15 is 13.2 Å². The summed E-state index contributed by atoms with van der Waals surface area (Å²) >= 11 is 0. The van der Waals surface area contributed by atoms with Crippen LogP contribution in [0.25, 0.3) is 6.08 Å². The molecule has 2 atom stereocenters. The number of Topliss-reactive ketones (excluding diaryl/α,β-unsaturated/α-hetero) is 1. The molecule has 3 aromatic rings. The monoisotopic (exact) mass is 1010 g/mol. The average Bonchev–Trinajstić information content (AvgIpc) is 3.69. The van der Waals surface area contributed by atoms with Gasteiger partial charge in [0.25, 0.3) is 11.5 Å². The molecule has 4 aliphatic heterocycles. The van der Waals surface area contributed by atoms with Crippen molar-refractivity contribution in [2.24, 2.45) is 17.8 Å². The van der Waals surface area contributed by atoms with Crippen LogP contribution in [-0.4, -0.2) is 86.7 Å². The molecule has 2 unspecified atom stereocenters. The number of likely N-dealkylation sites (tertiary alicyclic amines) is 1. The third-order valence-corrected chi connectivity index (χ3v) is 16.9. The molecule has 2 N–H and O–H groups in total. The lowest BCUT2D eigenvalue weighted by Crippen LogP contribution is -2.46. The van der Waals surface area contributed by atoms with Crippen molar-refractivity contribution in [3.8, 4) is 0 Å². The predicted octanol–water partition coefficient (Wildman–Crippen LogP) is 10.2. The van der Waals surface area contributed by atoms with Gasteiger partial charge in [0.2, 0.25) is 23.2 Å². The third kappa shape index (κ3) is 10.7. The van der Waals surface area contributed by atoms with Crippen LogP contribution in [0.2, 0.25) is 0 Å². The minimum atomic E-state index is -0.665. The van der Waals surface area contributed by atoms with Crippen LogP contribution in [-0.2, 0) is 32.0 Å². The molecular formula is C59H64F4N6O5+2. The molecule has 1 aromatic heterocycles. The van der Waals surface area contributed by atoms with Crippen molar-refractivity contribution in [2.75, 3.05) is 26.7 Å². The maximum atomic E-state index is 15.8. The summed E-state index contributed by atoms with van der Waals surface area (Å²) in [5, 5.41) is 4.95. The lowest BCUT2D eigenvalue weighted by molar-refractivity contribution is -0.372. The van der Waals surface area contributed by atoms with Crippen molar-refractivity contribution in [1.29, 1.82) is 0 Å². The van der Waals surface area contributed by atoms with E-state index in [1.807, 2.05) is 19.1 Å². The first-order chi connectivity index (χ1) is 35.7. The zero-order valence-corrected chi connectivity index (χ0v) is 42.3. The van der Waals surface area contributed by atoms with Crippen LogP contribution in [0, 0.1) is 35.2 Å². The number of hydrogen-bond donors (Lipinski definition) is 2. The van der Waals surface area contributed by atoms with Crippen molar-refractivity contribution in [3.63, 3.8) is 0 Å². The number of carbonyl (C=O) groups is 5. The Morgan fingerprint density at radius 3 is 2.32 bits per heavy atom. The number of aryl methyl sites for hydroxylation is 1. The van der Waals surface area contributed by atoms with Gasteiger partial charge in [0.05, 0.1) is 29.5 Å². The first kappa shape index (κ1) is 51.1. The maximum absolute atomic E-state index is 15.8. The minimum Gasteiger partial charge on any atom is -0.385 e. The third-order valence-electron chi connectivity index (χ3n) is 16.9. The van der Waals surface area contributed by atoms with Gasteiger partial charge in [-0.15, -0.1) is 4.58 Å². The van der Waals surface area contributed by atoms with Crippen LogP contribution >= 0.6 is 0 Å². The number of hydrogen-bond acceptors (Lipinski definition) is 8. The quantitative estimate of drug-likeness (QED) is 0.0603. The second-order valence-corrected chi connectivity index (χ2v) is 21.6. The van der Waals surface area contributed by atoms with E-state index < -0.39 is 35.1 Å². The van der Waals surface area contributed by atoms with E-state index in [1.165, 1.54) is 39.0 Å². The molecule has 3 fully saturated rings. The molecule has 0 radical (unpaired) electrons. The number of likely N-dealkylation sites (N-methyl/N-ethyl adjacent to an activating group) is 1. The number of amides is 4. The summed E-state index contributed by atoms with van der Waals surface area (Å²) in [5.41, 5.74) is 6.55. The number of allylic oxidation sites excluding steroid dienone is 3. The lowest BCUT2D eigenvalue weighted by Gasteiger charge is -2.33. The van der Waals surface area contributed by atoms with Gasteiger partial charge in [-0.3, -0.25) is 29.6 Å². The fourth-order valence-corrected chi connectivity index (χ4v) is 12.8. The van der Waals surface area contributed by atoms with Crippen LogP contribution in [0.15, 0.2) is 71.4 Å². The van der Waals surface area contributed by atoms with Crippen molar-refractivity contribution in [3.05, 3.63) is 122 Å². The Kier molecular flexibility index (Phi) is 15.0. The van der Waals surface area contributed by atoms with Crippen LogP contribution in [0.1, 0.15) is 160 Å². The van der Waals surface area contributed by atoms with Crippen LogP contribution in [0.4, 0.5) is 28.9 Å². The molecule has 0 spiro atoms. The molecule has 15 heteroatoms. The fourth-order valence-electron chi connectivity index (χ4n) is 12.8. The summed E-state index contributed by atoms with van der Waals surface area (Å²) in [5.74, 6) is -0.743. The van der Waals surface area contributed by atoms with E-state index in [0.717, 1.165) is 86.6 Å². The Bertz CT molecular complexity index is 3020. The standard InChI is InChI=1S/C59H62F4N6O5/c1-34-43(27-44-50(17-20-65-58(34)44)68-33-48(63)49(64-2)31-56(68)73)32-67-21-18-39(19-22-67)57-46(61)28-42(29-47(57)62)53(70)25-38-11-9-37(10-12-38)23-35-5-3-7-36(8-4-6-35)24-41-26-40-13-16-55(72)69(52(40)30-45(41)60)51-14-15-54(71)66-59(51)74/h7,17,20,26-31,34-35,37-39H,3-6,8-16,18-19,21-25,32H2,1-2H3/p+2/b36-7-,69-51?. The lowest BCUT2D eigenvalue weighted by atomic mass is 9.74. The Balaban J connectivity index is 0.677. The number of nitrogens with zero attached hydrogens (tertiary/aromatic N) is 4. The largest absolute Gasteiger partial charge is 0.429 e. The Labute approximate surface area is 429 Å². The first-order valence-corrected chi connectivity index (χ1v) is 26.7. The zero-order valence-electron chi connectivity index (χ0n) is 42.3. The molecule has 3 aliphatic carbocycles. The molecule has 5 heterocycles. The molecule has 2 aromatic carbocycles. The van der Waals surface area contributed by atoms with E-state index in [1.54, 1.807) is 19.3 Å². The summed E-state index contributed by atoms with van der Waals surface area (Å²) in [6.45, 7) is 3.91. The average molecular weight is 1010 g/mol. The number of piperidine rings is 2. The van der Waals surface area contributed by atoms with E-state index in [-0.39, 0.29) is 83.6 Å². The highest BCUT2D eigenvalue weighted by atomic mass is 19.1. The molecular weight excluding hydrogens is 949 g/mol. The number of ketones is 1. The van der Waals surface area contributed by atoms with Gasteiger partial charge in [0.1, 0.15) is 17.5 Å². The summed E-state index contributed by atoms with van der Waals surface area (Å²) in [4.78, 5) is 70.6. The SMILES string of the molecule is CNC1=CC(=O)[N+](c2ccnc3c2C=C(CN2CCC(c4c(F)cc(C(=O)CC5CCC(CC6CC/C=C(\Cc7cc8c(cc7F)[N+](=C7CCC(=O)NC7=O)C(=O)CC8)CCC6)CC5)cc4F)CC2)C3C)=C=C1F. The predicted molar refractivity (Wildman–Crippen MR) is 272 cm³/mol. The van der Waals surface area contributed by atoms with Gasteiger partial charge in [0, 0.05) is 73.8 Å². The van der Waals surface area contributed by atoms with E-state index in [2.05, 4.69) is 32.5 Å². The molecule has 11 nitrogen and oxygen atoms in total. The van der Waals surface area contributed by atoms with E-state index in [4.69, 9.17) is 0 Å². The Hall–Kier alpha value is -6.44. The highest BCUT2D eigenvalue weighted by Gasteiger charge is 2.40. The van der Waals surface area contributed by atoms with Crippen molar-refractivity contribution in [2.45, 2.75) is 134 Å². The number of aromatic nitrogens is 1. The van der Waals surface area contributed by atoms with Gasteiger partial charge in [-0.25, -0.2) is 22.8 Å². The van der Waals surface area contributed by atoms with Gasteiger partial charge in [0.15, 0.2) is 5.78 Å². The van der Waals surface area contributed by atoms with Crippen LogP contribution in [0.3, 0.4) is 0 Å². The van der Waals surface area contributed by atoms with Gasteiger partial charge < -0.3 is 5.32 Å². The van der Waals surface area contributed by atoms with Crippen molar-refractivity contribution in [1.82, 2.24) is 20.5 Å². The normalized spacial score (nSPS) is 25.6. The molecule has 74 heavy (non-hydrogen) atoms. The second-order valence-electron chi connectivity index (χ2n) is 21.6. The van der Waals surface area contributed by atoms with Gasteiger partial charge >= 0.3 is 17.7 Å². The number of imide groups is 1. The number of carbonyl (C=O) groups excluding carboxylic acids is 5. The Morgan fingerprint density at radius 2 is 1.58 bits per heavy atom.